The Bertz CT molecular complexity index is 360. The number of ketones is 1. The maximum absolute atomic E-state index is 11.0. The largest absolute Gasteiger partial charge is 0.467 e. The molecule has 0 saturated carbocycles. The molecule has 2 heterocycles. The van der Waals surface area contributed by atoms with Gasteiger partial charge in [0.2, 0.25) is 0 Å². The van der Waals surface area contributed by atoms with E-state index >= 15 is 0 Å². The maximum Gasteiger partial charge on any atom is 0.153 e. The van der Waals surface area contributed by atoms with Gasteiger partial charge in [-0.3, -0.25) is 14.5 Å². The first kappa shape index (κ1) is 10.1. The highest BCUT2D eigenvalue weighted by molar-refractivity contribution is 5.79. The van der Waals surface area contributed by atoms with E-state index in [1.54, 1.807) is 6.07 Å². The summed E-state index contributed by atoms with van der Waals surface area (Å²) in [6.45, 7) is 2.14. The fourth-order valence-electron chi connectivity index (χ4n) is 1.75. The molecule has 1 saturated heterocycles. The summed E-state index contributed by atoms with van der Waals surface area (Å²) in [4.78, 5) is 23.8. The van der Waals surface area contributed by atoms with Crippen LogP contribution in [-0.4, -0.2) is 30.1 Å². The molecule has 1 aliphatic rings. The molecular formula is C11H13NO3. The average Bonchev–Trinajstić information content (AvgIpc) is 2.69. The molecule has 15 heavy (non-hydrogen) atoms. The highest BCUT2D eigenvalue weighted by Crippen LogP contribution is 2.14. The van der Waals surface area contributed by atoms with E-state index in [-0.39, 0.29) is 0 Å². The second-order valence-corrected chi connectivity index (χ2v) is 3.73. The Morgan fingerprint density at radius 2 is 2.13 bits per heavy atom. The number of Topliss-reactive ketones (excluding diaryl/α,β-unsaturated/α-hetero) is 1. The molecule has 0 radical (unpaired) electrons. The number of aldehydes is 1. The van der Waals surface area contributed by atoms with Crippen LogP contribution >= 0.6 is 0 Å². The SMILES string of the molecule is O=Cc1ccoc1CN1CCC(=O)CC1. The van der Waals surface area contributed by atoms with Gasteiger partial charge in [-0.2, -0.15) is 0 Å². The van der Waals surface area contributed by atoms with Crippen molar-refractivity contribution < 1.29 is 14.0 Å². The van der Waals surface area contributed by atoms with E-state index in [2.05, 4.69) is 4.90 Å². The van der Waals surface area contributed by atoms with Crippen LogP contribution in [0.4, 0.5) is 0 Å². The monoisotopic (exact) mass is 207 g/mol. The van der Waals surface area contributed by atoms with Crippen molar-refractivity contribution in [1.29, 1.82) is 0 Å². The second-order valence-electron chi connectivity index (χ2n) is 3.73. The molecule has 4 nitrogen and oxygen atoms in total. The van der Waals surface area contributed by atoms with E-state index in [1.807, 2.05) is 0 Å². The Morgan fingerprint density at radius 1 is 1.40 bits per heavy atom. The van der Waals surface area contributed by atoms with Crippen molar-refractivity contribution in [1.82, 2.24) is 4.90 Å². The third-order valence-corrected chi connectivity index (χ3v) is 2.69. The van der Waals surface area contributed by atoms with Gasteiger partial charge in [-0.15, -0.1) is 0 Å². The number of nitrogens with zero attached hydrogens (tertiary/aromatic N) is 1. The molecule has 0 unspecified atom stereocenters. The molecule has 0 aromatic carbocycles. The highest BCUT2D eigenvalue weighted by atomic mass is 16.3. The quantitative estimate of drug-likeness (QED) is 0.700. The third-order valence-electron chi connectivity index (χ3n) is 2.69. The van der Waals surface area contributed by atoms with Crippen LogP contribution in [0.1, 0.15) is 29.0 Å². The lowest BCUT2D eigenvalue weighted by Crippen LogP contribution is -2.33. The predicted octanol–water partition coefficient (Wildman–Crippen LogP) is 1.26. The lowest BCUT2D eigenvalue weighted by atomic mass is 10.1. The molecule has 1 aromatic heterocycles. The molecule has 1 aromatic rings. The highest BCUT2D eigenvalue weighted by Gasteiger charge is 2.18. The summed E-state index contributed by atoms with van der Waals surface area (Å²) < 4.78 is 5.23. The van der Waals surface area contributed by atoms with Gasteiger partial charge in [0.05, 0.1) is 18.4 Å². The van der Waals surface area contributed by atoms with E-state index in [9.17, 15) is 9.59 Å². The van der Waals surface area contributed by atoms with Gasteiger partial charge >= 0.3 is 0 Å². The number of rotatable bonds is 3. The number of hydrogen-bond donors (Lipinski definition) is 0. The van der Waals surface area contributed by atoms with Crippen LogP contribution in [0.2, 0.25) is 0 Å². The molecule has 0 atom stereocenters. The fourth-order valence-corrected chi connectivity index (χ4v) is 1.75. The van der Waals surface area contributed by atoms with E-state index < -0.39 is 0 Å². The minimum Gasteiger partial charge on any atom is -0.467 e. The van der Waals surface area contributed by atoms with Gasteiger partial charge in [0, 0.05) is 25.9 Å². The Morgan fingerprint density at radius 3 is 2.80 bits per heavy atom. The van der Waals surface area contributed by atoms with Gasteiger partial charge in [-0.1, -0.05) is 0 Å². The van der Waals surface area contributed by atoms with Crippen molar-refractivity contribution in [3.63, 3.8) is 0 Å². The minimum atomic E-state index is 0.321. The van der Waals surface area contributed by atoms with Crippen LogP contribution in [0.15, 0.2) is 16.7 Å². The molecule has 2 rings (SSSR count). The second kappa shape index (κ2) is 4.40. The summed E-state index contributed by atoms with van der Waals surface area (Å²) in [6.07, 6.45) is 3.54. The summed E-state index contributed by atoms with van der Waals surface area (Å²) in [5, 5.41) is 0. The minimum absolute atomic E-state index is 0.321. The normalized spacial score (nSPS) is 18.0. The molecule has 1 aliphatic heterocycles. The van der Waals surface area contributed by atoms with Crippen LogP contribution in [0, 0.1) is 0 Å². The topological polar surface area (TPSA) is 50.5 Å². The average molecular weight is 207 g/mol. The van der Waals surface area contributed by atoms with E-state index in [1.165, 1.54) is 6.26 Å². The molecule has 80 valence electrons. The number of carbonyl (C=O) groups excluding carboxylic acids is 2. The van der Waals surface area contributed by atoms with Crippen LogP contribution in [0.5, 0.6) is 0 Å². The van der Waals surface area contributed by atoms with Gasteiger partial charge in [-0.05, 0) is 6.07 Å². The third kappa shape index (κ3) is 2.33. The molecule has 0 spiro atoms. The number of likely N-dealkylation sites (tertiary alicyclic amines) is 1. The Hall–Kier alpha value is -1.42. The molecule has 0 aliphatic carbocycles. The van der Waals surface area contributed by atoms with Crippen LogP contribution in [-0.2, 0) is 11.3 Å². The van der Waals surface area contributed by atoms with Crippen molar-refractivity contribution in [3.8, 4) is 0 Å². The smallest absolute Gasteiger partial charge is 0.153 e. The lowest BCUT2D eigenvalue weighted by molar-refractivity contribution is -0.121. The summed E-state index contributed by atoms with van der Waals surface area (Å²) in [6, 6.07) is 1.66. The van der Waals surface area contributed by atoms with Gasteiger partial charge in [-0.25, -0.2) is 0 Å². The number of hydrogen-bond acceptors (Lipinski definition) is 4. The summed E-state index contributed by atoms with van der Waals surface area (Å²) in [5.41, 5.74) is 0.604. The van der Waals surface area contributed by atoms with Gasteiger partial charge in [0.1, 0.15) is 11.5 Å². The van der Waals surface area contributed by atoms with Crippen molar-refractivity contribution in [2.45, 2.75) is 19.4 Å². The molecule has 4 heteroatoms. The van der Waals surface area contributed by atoms with E-state index in [0.717, 1.165) is 19.4 Å². The van der Waals surface area contributed by atoms with E-state index in [0.29, 0.717) is 36.5 Å². The summed E-state index contributed by atoms with van der Waals surface area (Å²) in [7, 11) is 0. The molecule has 1 fully saturated rings. The number of furan rings is 1. The predicted molar refractivity (Wildman–Crippen MR) is 53.6 cm³/mol. The van der Waals surface area contributed by atoms with Crippen LogP contribution < -0.4 is 0 Å². The number of carbonyl (C=O) groups is 2. The lowest BCUT2D eigenvalue weighted by Gasteiger charge is -2.24. The Kier molecular flexibility index (Phi) is 2.97. The van der Waals surface area contributed by atoms with Crippen LogP contribution in [0.25, 0.3) is 0 Å². The standard InChI is InChI=1S/C11H13NO3/c13-8-9-3-6-15-11(9)7-12-4-1-10(14)2-5-12/h3,6,8H,1-2,4-5,7H2. The van der Waals surface area contributed by atoms with Crippen molar-refractivity contribution in [3.05, 3.63) is 23.7 Å². The zero-order chi connectivity index (χ0) is 10.7. The van der Waals surface area contributed by atoms with Crippen molar-refractivity contribution in [2.75, 3.05) is 13.1 Å². The summed E-state index contributed by atoms with van der Waals surface area (Å²) >= 11 is 0. The van der Waals surface area contributed by atoms with Crippen molar-refractivity contribution in [2.24, 2.45) is 0 Å². The maximum atomic E-state index is 11.0. The zero-order valence-electron chi connectivity index (χ0n) is 8.44. The first-order valence-corrected chi connectivity index (χ1v) is 5.05. The first-order valence-electron chi connectivity index (χ1n) is 5.05. The van der Waals surface area contributed by atoms with Crippen molar-refractivity contribution >= 4 is 12.1 Å². The molecular weight excluding hydrogens is 194 g/mol. The van der Waals surface area contributed by atoms with Gasteiger partial charge in [0.15, 0.2) is 6.29 Å². The van der Waals surface area contributed by atoms with Gasteiger partial charge in [0.25, 0.3) is 0 Å². The number of piperidine rings is 1. The van der Waals surface area contributed by atoms with E-state index in [4.69, 9.17) is 4.42 Å². The molecule has 0 bridgehead atoms. The van der Waals surface area contributed by atoms with Crippen LogP contribution in [0.3, 0.4) is 0 Å². The Balaban J connectivity index is 1.97. The zero-order valence-corrected chi connectivity index (χ0v) is 8.44. The fraction of sp³-hybridized carbons (Fsp3) is 0.455. The molecule has 0 N–H and O–H groups in total. The molecule has 0 amide bonds. The first-order chi connectivity index (χ1) is 7.29. The Labute approximate surface area is 87.9 Å². The van der Waals surface area contributed by atoms with Gasteiger partial charge < -0.3 is 4.42 Å². The summed E-state index contributed by atoms with van der Waals surface area (Å²) in [5.74, 6) is 1.01.